The van der Waals surface area contributed by atoms with Crippen molar-refractivity contribution in [3.05, 3.63) is 71.8 Å². The minimum Gasteiger partial charge on any atom is -0.354 e. The number of halogens is 1. The number of aryl methyl sites for hydroxylation is 2. The lowest BCUT2D eigenvalue weighted by molar-refractivity contribution is -0.120. The third-order valence-electron chi connectivity index (χ3n) is 5.41. The number of nitrogens with zero attached hydrogens (tertiary/aromatic N) is 3. The molecule has 5 nitrogen and oxygen atoms in total. The van der Waals surface area contributed by atoms with Crippen LogP contribution in [0.4, 0.5) is 15.9 Å². The van der Waals surface area contributed by atoms with Gasteiger partial charge < -0.3 is 10.2 Å². The Morgan fingerprint density at radius 1 is 1.13 bits per heavy atom. The third-order valence-corrected chi connectivity index (χ3v) is 6.40. The number of anilines is 2. The molecular weight excluding hydrogens is 411 g/mol. The lowest BCUT2D eigenvalue weighted by atomic mass is 9.97. The summed E-state index contributed by atoms with van der Waals surface area (Å²) in [5.41, 5.74) is 2.26. The van der Waals surface area contributed by atoms with Gasteiger partial charge >= 0.3 is 0 Å². The molecule has 1 amide bonds. The van der Waals surface area contributed by atoms with Gasteiger partial charge in [0.25, 0.3) is 0 Å². The van der Waals surface area contributed by atoms with Crippen LogP contribution in [0, 0.1) is 25.6 Å². The lowest BCUT2D eigenvalue weighted by Gasteiger charge is -2.33. The Hall–Kier alpha value is -2.93. The van der Waals surface area contributed by atoms with Crippen LogP contribution in [0.15, 0.2) is 64.8 Å². The predicted octanol–water partition coefficient (Wildman–Crippen LogP) is 5.24. The molecule has 2 aromatic carbocycles. The number of hydrogen-bond donors (Lipinski definition) is 1. The van der Waals surface area contributed by atoms with Crippen molar-refractivity contribution in [2.24, 2.45) is 5.92 Å². The normalized spacial score (nSPS) is 16.2. The molecule has 3 aromatic rings. The molecule has 0 radical (unpaired) electrons. The van der Waals surface area contributed by atoms with Gasteiger partial charge in [-0.1, -0.05) is 35.5 Å². The molecule has 0 aliphatic carbocycles. The number of benzene rings is 2. The first-order valence-electron chi connectivity index (χ1n) is 10.4. The quantitative estimate of drug-likeness (QED) is 0.593. The zero-order chi connectivity index (χ0) is 21.8. The summed E-state index contributed by atoms with van der Waals surface area (Å²) >= 11 is 1.57. The van der Waals surface area contributed by atoms with E-state index in [0.29, 0.717) is 17.8 Å². The zero-order valence-electron chi connectivity index (χ0n) is 17.6. The largest absolute Gasteiger partial charge is 0.354 e. The van der Waals surface area contributed by atoms with E-state index in [0.717, 1.165) is 35.1 Å². The number of rotatable bonds is 5. The Kier molecular flexibility index (Phi) is 6.51. The molecule has 1 aliphatic heterocycles. The monoisotopic (exact) mass is 436 g/mol. The van der Waals surface area contributed by atoms with E-state index in [-0.39, 0.29) is 17.6 Å². The van der Waals surface area contributed by atoms with Crippen LogP contribution in [0.3, 0.4) is 0 Å². The highest BCUT2D eigenvalue weighted by Crippen LogP contribution is 2.34. The van der Waals surface area contributed by atoms with E-state index in [9.17, 15) is 9.18 Å². The summed E-state index contributed by atoms with van der Waals surface area (Å²) in [6.07, 6.45) is 5.05. The topological polar surface area (TPSA) is 58.1 Å². The van der Waals surface area contributed by atoms with Crippen LogP contribution in [0.1, 0.15) is 24.0 Å². The maximum Gasteiger partial charge on any atom is 0.229 e. The van der Waals surface area contributed by atoms with Gasteiger partial charge in [0.2, 0.25) is 5.91 Å². The molecule has 0 spiro atoms. The van der Waals surface area contributed by atoms with E-state index < -0.39 is 0 Å². The van der Waals surface area contributed by atoms with Crippen LogP contribution in [-0.2, 0) is 4.79 Å². The minimum atomic E-state index is -0.319. The van der Waals surface area contributed by atoms with Crippen molar-refractivity contribution in [1.82, 2.24) is 9.97 Å². The Balaban J connectivity index is 1.47. The first kappa shape index (κ1) is 21.3. The number of amides is 1. The molecular formula is C24H25FN4OS. The lowest BCUT2D eigenvalue weighted by Crippen LogP contribution is -2.41. The fourth-order valence-electron chi connectivity index (χ4n) is 3.62. The van der Waals surface area contributed by atoms with E-state index in [2.05, 4.69) is 51.4 Å². The summed E-state index contributed by atoms with van der Waals surface area (Å²) in [7, 11) is 0. The van der Waals surface area contributed by atoms with Gasteiger partial charge in [-0.3, -0.25) is 4.79 Å². The van der Waals surface area contributed by atoms with Gasteiger partial charge in [0.15, 0.2) is 5.82 Å². The first-order chi connectivity index (χ1) is 15.0. The second-order valence-corrected chi connectivity index (χ2v) is 8.90. The predicted molar refractivity (Wildman–Crippen MR) is 122 cm³/mol. The summed E-state index contributed by atoms with van der Waals surface area (Å²) < 4.78 is 13.8. The smallest absolute Gasteiger partial charge is 0.229 e. The van der Waals surface area contributed by atoms with Crippen LogP contribution in [0.5, 0.6) is 0 Å². The summed E-state index contributed by atoms with van der Waals surface area (Å²) in [6.45, 7) is 5.14. The van der Waals surface area contributed by atoms with Crippen molar-refractivity contribution in [2.45, 2.75) is 36.6 Å². The van der Waals surface area contributed by atoms with Gasteiger partial charge in [-0.25, -0.2) is 14.4 Å². The van der Waals surface area contributed by atoms with E-state index in [1.54, 1.807) is 43.2 Å². The Bertz CT molecular complexity index is 1070. The second-order valence-electron chi connectivity index (χ2n) is 7.84. The van der Waals surface area contributed by atoms with Gasteiger partial charge in [-0.05, 0) is 56.5 Å². The molecule has 2 heterocycles. The van der Waals surface area contributed by atoms with Crippen molar-refractivity contribution in [1.29, 1.82) is 0 Å². The molecule has 31 heavy (non-hydrogen) atoms. The number of nitrogens with one attached hydrogen (secondary N) is 1. The average Bonchev–Trinajstić information content (AvgIpc) is 2.78. The molecule has 1 aromatic heterocycles. The first-order valence-corrected chi connectivity index (χ1v) is 11.2. The van der Waals surface area contributed by atoms with Crippen LogP contribution in [-0.4, -0.2) is 29.0 Å². The third kappa shape index (κ3) is 5.22. The molecule has 0 bridgehead atoms. The molecule has 160 valence electrons. The fraction of sp³-hybridized carbons (Fsp3) is 0.292. The molecule has 0 unspecified atom stereocenters. The number of carbonyl (C=O) groups is 1. The van der Waals surface area contributed by atoms with Crippen LogP contribution >= 0.6 is 11.8 Å². The molecule has 1 fully saturated rings. The van der Waals surface area contributed by atoms with Crippen molar-refractivity contribution in [3.8, 4) is 0 Å². The van der Waals surface area contributed by atoms with Crippen LogP contribution < -0.4 is 10.2 Å². The van der Waals surface area contributed by atoms with Gasteiger partial charge in [-0.2, -0.15) is 0 Å². The van der Waals surface area contributed by atoms with Crippen LogP contribution in [0.2, 0.25) is 0 Å². The number of piperidine rings is 1. The minimum absolute atomic E-state index is 0.0930. The highest BCUT2D eigenvalue weighted by Gasteiger charge is 2.28. The Labute approximate surface area is 186 Å². The molecule has 1 saturated heterocycles. The van der Waals surface area contributed by atoms with Gasteiger partial charge in [0, 0.05) is 36.1 Å². The van der Waals surface area contributed by atoms with E-state index in [4.69, 9.17) is 0 Å². The molecule has 7 heteroatoms. The number of aromatic nitrogens is 2. The SMILES string of the molecule is Cc1ccc(Sc2nccnc2N2CCC[C@@H](C(=O)Nc3ccc(C)c(F)c3)C2)cc1. The standard InChI is InChI=1S/C24H25FN4OS/c1-16-5-9-20(10-6-16)31-24-22(26-11-12-27-24)29-13-3-4-18(15-29)23(30)28-19-8-7-17(2)21(25)14-19/h5-12,14,18H,3-4,13,15H2,1-2H3,(H,28,30)/t18-/m1/s1. The summed E-state index contributed by atoms with van der Waals surface area (Å²) in [6, 6.07) is 13.1. The maximum atomic E-state index is 13.8. The summed E-state index contributed by atoms with van der Waals surface area (Å²) in [4.78, 5) is 25.2. The van der Waals surface area contributed by atoms with E-state index in [1.807, 2.05) is 0 Å². The van der Waals surface area contributed by atoms with E-state index >= 15 is 0 Å². The Morgan fingerprint density at radius 2 is 1.90 bits per heavy atom. The van der Waals surface area contributed by atoms with Crippen molar-refractivity contribution in [2.75, 3.05) is 23.3 Å². The van der Waals surface area contributed by atoms with Gasteiger partial charge in [-0.15, -0.1) is 0 Å². The van der Waals surface area contributed by atoms with Gasteiger partial charge in [0.1, 0.15) is 10.8 Å². The van der Waals surface area contributed by atoms with Crippen molar-refractivity contribution in [3.63, 3.8) is 0 Å². The van der Waals surface area contributed by atoms with Gasteiger partial charge in [0.05, 0.1) is 5.92 Å². The van der Waals surface area contributed by atoms with E-state index in [1.165, 1.54) is 11.6 Å². The molecule has 1 aliphatic rings. The van der Waals surface area contributed by atoms with Crippen LogP contribution in [0.25, 0.3) is 0 Å². The number of carbonyl (C=O) groups excluding carboxylic acids is 1. The fourth-order valence-corrected chi connectivity index (χ4v) is 4.51. The molecule has 1 N–H and O–H groups in total. The molecule has 4 rings (SSSR count). The highest BCUT2D eigenvalue weighted by molar-refractivity contribution is 7.99. The number of hydrogen-bond acceptors (Lipinski definition) is 5. The molecule has 1 atom stereocenters. The summed E-state index contributed by atoms with van der Waals surface area (Å²) in [5.74, 6) is 0.189. The maximum absolute atomic E-state index is 13.8. The average molecular weight is 437 g/mol. The molecule has 0 saturated carbocycles. The Morgan fingerprint density at radius 3 is 2.68 bits per heavy atom. The zero-order valence-corrected chi connectivity index (χ0v) is 18.5. The van der Waals surface area contributed by atoms with Crippen molar-refractivity contribution >= 4 is 29.2 Å². The summed E-state index contributed by atoms with van der Waals surface area (Å²) in [5, 5.41) is 3.69. The van der Waals surface area contributed by atoms with Crippen molar-refractivity contribution < 1.29 is 9.18 Å². The second kappa shape index (κ2) is 9.47. The highest BCUT2D eigenvalue weighted by atomic mass is 32.2.